The molecule has 1 aromatic heterocycles. The molecule has 0 bridgehead atoms. The van der Waals surface area contributed by atoms with Gasteiger partial charge in [0.2, 0.25) is 5.78 Å². The first kappa shape index (κ1) is 13.9. The summed E-state index contributed by atoms with van der Waals surface area (Å²) in [5.74, 6) is -2.05. The van der Waals surface area contributed by atoms with Crippen molar-refractivity contribution in [3.63, 3.8) is 0 Å². The van der Waals surface area contributed by atoms with Crippen LogP contribution in [0.15, 0.2) is 45.3 Å². The number of carbonyl (C=O) groups excluding carboxylic acids is 1. The van der Waals surface area contributed by atoms with Crippen LogP contribution in [0.4, 0.5) is 8.78 Å². The van der Waals surface area contributed by atoms with E-state index in [-0.39, 0.29) is 11.3 Å². The molecule has 106 valence electrons. The van der Waals surface area contributed by atoms with Gasteiger partial charge in [0.25, 0.3) is 0 Å². The van der Waals surface area contributed by atoms with E-state index in [1.807, 2.05) is 12.1 Å². The summed E-state index contributed by atoms with van der Waals surface area (Å²) in [7, 11) is 0. The first-order valence-corrected chi connectivity index (χ1v) is 6.94. The monoisotopic (exact) mass is 350 g/mol. The van der Waals surface area contributed by atoms with Crippen molar-refractivity contribution in [3.8, 4) is 0 Å². The zero-order valence-corrected chi connectivity index (χ0v) is 12.5. The van der Waals surface area contributed by atoms with Gasteiger partial charge in [-0.2, -0.15) is 0 Å². The molecule has 0 spiro atoms. The molecule has 5 heteroatoms. The molecule has 0 unspecified atom stereocenters. The Morgan fingerprint density at radius 3 is 2.43 bits per heavy atom. The van der Waals surface area contributed by atoms with E-state index in [2.05, 4.69) is 15.9 Å². The smallest absolute Gasteiger partial charge is 0.228 e. The van der Waals surface area contributed by atoms with E-state index in [0.717, 1.165) is 28.1 Å². The number of fused-ring (bicyclic) bond motifs is 1. The Labute approximate surface area is 127 Å². The predicted octanol–water partition coefficient (Wildman–Crippen LogP) is 5.01. The Bertz CT molecular complexity index is 848. The number of carbonyl (C=O) groups is 1. The van der Waals surface area contributed by atoms with Crippen LogP contribution >= 0.6 is 15.9 Å². The standard InChI is InChI=1S/C16H9BrF2O2/c1-8-13-3-2-10(17)6-14(13)21-16(8)15(20)9-4-11(18)7-12(19)5-9/h2-7H,1H3. The Morgan fingerprint density at radius 2 is 1.76 bits per heavy atom. The van der Waals surface area contributed by atoms with Gasteiger partial charge in [0, 0.05) is 27.1 Å². The maximum absolute atomic E-state index is 13.2. The van der Waals surface area contributed by atoms with Gasteiger partial charge in [-0.15, -0.1) is 0 Å². The molecule has 0 fully saturated rings. The van der Waals surface area contributed by atoms with Gasteiger partial charge in [-0.25, -0.2) is 8.78 Å². The highest BCUT2D eigenvalue weighted by Gasteiger charge is 2.20. The maximum atomic E-state index is 13.2. The minimum atomic E-state index is -0.796. The second-order valence-electron chi connectivity index (χ2n) is 4.68. The van der Waals surface area contributed by atoms with Crippen LogP contribution in [-0.4, -0.2) is 5.78 Å². The Morgan fingerprint density at radius 1 is 1.10 bits per heavy atom. The largest absolute Gasteiger partial charge is 0.452 e. The number of hydrogen-bond acceptors (Lipinski definition) is 2. The van der Waals surface area contributed by atoms with Crippen molar-refractivity contribution in [2.24, 2.45) is 0 Å². The highest BCUT2D eigenvalue weighted by atomic mass is 79.9. The second kappa shape index (κ2) is 5.07. The summed E-state index contributed by atoms with van der Waals surface area (Å²) in [4.78, 5) is 12.4. The number of rotatable bonds is 2. The number of hydrogen-bond donors (Lipinski definition) is 0. The summed E-state index contributed by atoms with van der Waals surface area (Å²) in [5.41, 5.74) is 1.11. The van der Waals surface area contributed by atoms with Gasteiger partial charge in [0.1, 0.15) is 17.2 Å². The summed E-state index contributed by atoms with van der Waals surface area (Å²) in [6, 6.07) is 8.11. The van der Waals surface area contributed by atoms with Gasteiger partial charge in [-0.05, 0) is 37.3 Å². The number of aryl methyl sites for hydroxylation is 1. The highest BCUT2D eigenvalue weighted by molar-refractivity contribution is 9.10. The molecule has 0 aliphatic carbocycles. The zero-order chi connectivity index (χ0) is 15.1. The molecule has 0 N–H and O–H groups in total. The van der Waals surface area contributed by atoms with Crippen LogP contribution in [0.1, 0.15) is 21.7 Å². The molecule has 3 aromatic rings. The Kier molecular flexibility index (Phi) is 3.37. The quantitative estimate of drug-likeness (QED) is 0.608. The summed E-state index contributed by atoms with van der Waals surface area (Å²) >= 11 is 3.32. The lowest BCUT2D eigenvalue weighted by atomic mass is 10.0. The van der Waals surface area contributed by atoms with E-state index in [4.69, 9.17) is 4.42 Å². The van der Waals surface area contributed by atoms with Crippen molar-refractivity contribution >= 4 is 32.7 Å². The molecule has 0 amide bonds. The number of halogens is 3. The van der Waals surface area contributed by atoms with E-state index in [1.54, 1.807) is 13.0 Å². The van der Waals surface area contributed by atoms with Gasteiger partial charge in [0.15, 0.2) is 5.76 Å². The summed E-state index contributed by atoms with van der Waals surface area (Å²) < 4.78 is 32.8. The molecule has 21 heavy (non-hydrogen) atoms. The first-order valence-electron chi connectivity index (χ1n) is 6.15. The summed E-state index contributed by atoms with van der Waals surface area (Å²) in [6.45, 7) is 1.74. The molecule has 2 aromatic carbocycles. The van der Waals surface area contributed by atoms with Crippen LogP contribution in [-0.2, 0) is 0 Å². The molecular formula is C16H9BrF2O2. The summed E-state index contributed by atoms with van der Waals surface area (Å²) in [5, 5.41) is 0.790. The second-order valence-corrected chi connectivity index (χ2v) is 5.60. The minimum Gasteiger partial charge on any atom is -0.452 e. The third-order valence-electron chi connectivity index (χ3n) is 3.23. The SMILES string of the molecule is Cc1c(C(=O)c2cc(F)cc(F)c2)oc2cc(Br)ccc12. The first-order chi connectivity index (χ1) is 9.95. The number of ketones is 1. The number of furan rings is 1. The zero-order valence-electron chi connectivity index (χ0n) is 10.9. The molecule has 0 aliphatic rings. The topological polar surface area (TPSA) is 30.2 Å². The average Bonchev–Trinajstić information content (AvgIpc) is 2.73. The van der Waals surface area contributed by atoms with Crippen LogP contribution in [0.2, 0.25) is 0 Å². The van der Waals surface area contributed by atoms with E-state index < -0.39 is 17.4 Å². The molecule has 0 saturated heterocycles. The lowest BCUT2D eigenvalue weighted by Crippen LogP contribution is -2.03. The van der Waals surface area contributed by atoms with Crippen LogP contribution in [0.5, 0.6) is 0 Å². The lowest BCUT2D eigenvalue weighted by Gasteiger charge is -2.00. The van der Waals surface area contributed by atoms with Crippen molar-refractivity contribution in [3.05, 3.63) is 69.4 Å². The maximum Gasteiger partial charge on any atom is 0.228 e. The third kappa shape index (κ3) is 2.49. The van der Waals surface area contributed by atoms with E-state index in [1.165, 1.54) is 0 Å². The average molecular weight is 351 g/mol. The van der Waals surface area contributed by atoms with Crippen LogP contribution in [0, 0.1) is 18.6 Å². The molecular weight excluding hydrogens is 342 g/mol. The van der Waals surface area contributed by atoms with Crippen LogP contribution in [0.25, 0.3) is 11.0 Å². The fourth-order valence-corrected chi connectivity index (χ4v) is 2.57. The normalized spacial score (nSPS) is 11.0. The van der Waals surface area contributed by atoms with Gasteiger partial charge in [-0.1, -0.05) is 15.9 Å². The van der Waals surface area contributed by atoms with Gasteiger partial charge < -0.3 is 4.42 Å². The van der Waals surface area contributed by atoms with Crippen LogP contribution < -0.4 is 0 Å². The van der Waals surface area contributed by atoms with E-state index >= 15 is 0 Å². The van der Waals surface area contributed by atoms with E-state index in [0.29, 0.717) is 11.1 Å². The molecule has 0 aliphatic heterocycles. The number of benzene rings is 2. The molecule has 3 rings (SSSR count). The van der Waals surface area contributed by atoms with Crippen LogP contribution in [0.3, 0.4) is 0 Å². The van der Waals surface area contributed by atoms with Gasteiger partial charge in [-0.3, -0.25) is 4.79 Å². The van der Waals surface area contributed by atoms with Gasteiger partial charge in [0.05, 0.1) is 0 Å². The third-order valence-corrected chi connectivity index (χ3v) is 3.72. The van der Waals surface area contributed by atoms with Crippen molar-refractivity contribution in [2.75, 3.05) is 0 Å². The van der Waals surface area contributed by atoms with Crippen molar-refractivity contribution < 1.29 is 18.0 Å². The fraction of sp³-hybridized carbons (Fsp3) is 0.0625. The van der Waals surface area contributed by atoms with Crippen molar-refractivity contribution in [1.82, 2.24) is 0 Å². The molecule has 2 nitrogen and oxygen atoms in total. The fourth-order valence-electron chi connectivity index (χ4n) is 2.23. The van der Waals surface area contributed by atoms with Crippen molar-refractivity contribution in [2.45, 2.75) is 6.92 Å². The summed E-state index contributed by atoms with van der Waals surface area (Å²) in [6.07, 6.45) is 0. The van der Waals surface area contributed by atoms with E-state index in [9.17, 15) is 13.6 Å². The molecule has 1 heterocycles. The van der Waals surface area contributed by atoms with Gasteiger partial charge >= 0.3 is 0 Å². The Balaban J connectivity index is 2.15. The highest BCUT2D eigenvalue weighted by Crippen LogP contribution is 2.29. The van der Waals surface area contributed by atoms with Crippen molar-refractivity contribution in [1.29, 1.82) is 0 Å². The molecule has 0 radical (unpaired) electrons. The predicted molar refractivity (Wildman–Crippen MR) is 78.4 cm³/mol. The molecule has 0 saturated carbocycles. The minimum absolute atomic E-state index is 0.0753. The molecule has 0 atom stereocenters. The lowest BCUT2D eigenvalue weighted by molar-refractivity contribution is 0.101. The Hall–Kier alpha value is -2.01.